The van der Waals surface area contributed by atoms with E-state index in [0.29, 0.717) is 5.92 Å². The summed E-state index contributed by atoms with van der Waals surface area (Å²) in [6.07, 6.45) is 2.75. The van der Waals surface area contributed by atoms with Crippen LogP contribution in [0.2, 0.25) is 0 Å². The molecule has 10 heavy (non-hydrogen) atoms. The minimum absolute atomic E-state index is 0.517. The molecule has 1 aromatic rings. The molecule has 0 spiro atoms. The molecule has 0 aliphatic heterocycles. The van der Waals surface area contributed by atoms with Crippen LogP contribution in [-0.2, 0) is 6.42 Å². The first-order chi connectivity index (χ1) is 4.83. The van der Waals surface area contributed by atoms with Gasteiger partial charge in [0.25, 0.3) is 0 Å². The molecule has 0 amide bonds. The van der Waals surface area contributed by atoms with Crippen molar-refractivity contribution in [1.29, 1.82) is 0 Å². The zero-order valence-corrected chi connectivity index (χ0v) is 6.77. The highest BCUT2D eigenvalue weighted by Gasteiger charge is 2.02. The summed E-state index contributed by atoms with van der Waals surface area (Å²) in [7, 11) is 0. The molecule has 0 saturated carbocycles. The van der Waals surface area contributed by atoms with Crippen molar-refractivity contribution in [2.75, 3.05) is 6.54 Å². The number of rotatable bonds is 3. The molecule has 0 bridgehead atoms. The van der Waals surface area contributed by atoms with Crippen LogP contribution in [0.4, 0.5) is 0 Å². The van der Waals surface area contributed by atoms with Crippen LogP contribution in [0.15, 0.2) is 6.20 Å². The van der Waals surface area contributed by atoms with Gasteiger partial charge in [0.2, 0.25) is 0 Å². The lowest BCUT2D eigenvalue weighted by molar-refractivity contribution is 0.587. The summed E-state index contributed by atoms with van der Waals surface area (Å²) >= 11 is 1.25. The molecule has 3 nitrogen and oxygen atoms in total. The van der Waals surface area contributed by atoms with Crippen molar-refractivity contribution in [2.45, 2.75) is 13.3 Å². The van der Waals surface area contributed by atoms with Crippen molar-refractivity contribution < 1.29 is 0 Å². The van der Waals surface area contributed by atoms with Gasteiger partial charge >= 0.3 is 0 Å². The van der Waals surface area contributed by atoms with Gasteiger partial charge in [0.1, 0.15) is 0 Å². The average Bonchev–Trinajstić information content (AvgIpc) is 2.40. The molecular weight excluding hydrogens is 146 g/mol. The third-order valence-corrected chi connectivity index (χ3v) is 1.88. The lowest BCUT2D eigenvalue weighted by Crippen LogP contribution is -2.13. The Balaban J connectivity index is 2.40. The molecular formula is C6H11N3S. The second kappa shape index (κ2) is 3.63. The van der Waals surface area contributed by atoms with E-state index in [4.69, 9.17) is 5.73 Å². The van der Waals surface area contributed by atoms with Crippen molar-refractivity contribution in [2.24, 2.45) is 11.7 Å². The quantitative estimate of drug-likeness (QED) is 0.701. The zero-order valence-electron chi connectivity index (χ0n) is 5.95. The lowest BCUT2D eigenvalue weighted by atomic mass is 10.1. The van der Waals surface area contributed by atoms with Gasteiger partial charge in [-0.3, -0.25) is 0 Å². The van der Waals surface area contributed by atoms with E-state index < -0.39 is 0 Å². The van der Waals surface area contributed by atoms with E-state index in [1.807, 2.05) is 0 Å². The summed E-state index contributed by atoms with van der Waals surface area (Å²) in [6, 6.07) is 0. The van der Waals surface area contributed by atoms with Crippen LogP contribution >= 0.6 is 11.7 Å². The smallest absolute Gasteiger partial charge is 0.0746 e. The molecule has 1 aromatic heterocycles. The van der Waals surface area contributed by atoms with Gasteiger partial charge in [-0.2, -0.15) is 8.75 Å². The van der Waals surface area contributed by atoms with Crippen molar-refractivity contribution >= 4 is 11.7 Å². The fourth-order valence-electron chi connectivity index (χ4n) is 0.714. The highest BCUT2D eigenvalue weighted by molar-refractivity contribution is 6.99. The number of nitrogens with zero attached hydrogens (tertiary/aromatic N) is 2. The minimum Gasteiger partial charge on any atom is -0.330 e. The number of hydrogen-bond donors (Lipinski definition) is 1. The van der Waals surface area contributed by atoms with Gasteiger partial charge in [0, 0.05) is 0 Å². The normalized spacial score (nSPS) is 13.4. The van der Waals surface area contributed by atoms with Gasteiger partial charge in [-0.05, 0) is 18.9 Å². The molecule has 0 saturated heterocycles. The van der Waals surface area contributed by atoms with E-state index in [9.17, 15) is 0 Å². The highest BCUT2D eigenvalue weighted by atomic mass is 32.1. The van der Waals surface area contributed by atoms with E-state index in [0.717, 1.165) is 18.7 Å². The van der Waals surface area contributed by atoms with Gasteiger partial charge in [0.15, 0.2) is 0 Å². The van der Waals surface area contributed by atoms with Crippen molar-refractivity contribution in [1.82, 2.24) is 8.75 Å². The molecule has 0 aliphatic rings. The lowest BCUT2D eigenvalue weighted by Gasteiger charge is -2.02. The third kappa shape index (κ3) is 2.04. The SMILES string of the molecule is CC(CN)Cc1cnsn1. The first-order valence-corrected chi connectivity index (χ1v) is 4.02. The van der Waals surface area contributed by atoms with Gasteiger partial charge in [-0.1, -0.05) is 6.92 Å². The van der Waals surface area contributed by atoms with Crippen molar-refractivity contribution in [3.05, 3.63) is 11.9 Å². The van der Waals surface area contributed by atoms with E-state index in [-0.39, 0.29) is 0 Å². The number of nitrogens with two attached hydrogens (primary N) is 1. The van der Waals surface area contributed by atoms with Crippen LogP contribution in [-0.4, -0.2) is 15.3 Å². The topological polar surface area (TPSA) is 51.8 Å². The Hall–Kier alpha value is -0.480. The summed E-state index contributed by atoms with van der Waals surface area (Å²) < 4.78 is 7.98. The van der Waals surface area contributed by atoms with Gasteiger partial charge in [0.05, 0.1) is 23.6 Å². The Morgan fingerprint density at radius 2 is 2.60 bits per heavy atom. The van der Waals surface area contributed by atoms with Crippen LogP contribution in [0.25, 0.3) is 0 Å². The third-order valence-electron chi connectivity index (χ3n) is 1.37. The summed E-state index contributed by atoms with van der Waals surface area (Å²) in [4.78, 5) is 0. The molecule has 0 aromatic carbocycles. The maximum absolute atomic E-state index is 5.44. The Morgan fingerprint density at radius 1 is 1.80 bits per heavy atom. The van der Waals surface area contributed by atoms with E-state index >= 15 is 0 Å². The van der Waals surface area contributed by atoms with Gasteiger partial charge in [-0.15, -0.1) is 0 Å². The monoisotopic (exact) mass is 157 g/mol. The first-order valence-electron chi connectivity index (χ1n) is 3.29. The Kier molecular flexibility index (Phi) is 2.77. The van der Waals surface area contributed by atoms with Crippen LogP contribution in [0.1, 0.15) is 12.6 Å². The van der Waals surface area contributed by atoms with Crippen LogP contribution < -0.4 is 5.73 Å². The predicted octanol–water partition coefficient (Wildman–Crippen LogP) is 0.675. The molecule has 1 atom stereocenters. The molecule has 0 fully saturated rings. The summed E-state index contributed by atoms with van der Waals surface area (Å²) in [6.45, 7) is 2.83. The van der Waals surface area contributed by atoms with Gasteiger partial charge in [-0.25, -0.2) is 0 Å². The summed E-state index contributed by atoms with van der Waals surface area (Å²) in [5, 5.41) is 0. The second-order valence-electron chi connectivity index (χ2n) is 2.44. The fourth-order valence-corrected chi connectivity index (χ4v) is 1.16. The molecule has 1 rings (SSSR count). The first kappa shape index (κ1) is 7.63. The molecule has 1 unspecified atom stereocenters. The van der Waals surface area contributed by atoms with Crippen LogP contribution in [0.5, 0.6) is 0 Å². The molecule has 0 radical (unpaired) electrons. The summed E-state index contributed by atoms with van der Waals surface area (Å²) in [5.41, 5.74) is 6.50. The van der Waals surface area contributed by atoms with Crippen LogP contribution in [0, 0.1) is 5.92 Å². The predicted molar refractivity (Wildman–Crippen MR) is 41.8 cm³/mol. The average molecular weight is 157 g/mol. The standard InChI is InChI=1S/C6H11N3S/c1-5(3-7)2-6-4-8-10-9-6/h4-5H,2-3,7H2,1H3. The molecule has 56 valence electrons. The van der Waals surface area contributed by atoms with E-state index in [1.165, 1.54) is 11.7 Å². The fraction of sp³-hybridized carbons (Fsp3) is 0.667. The maximum atomic E-state index is 5.44. The second-order valence-corrected chi connectivity index (χ2v) is 3.00. The van der Waals surface area contributed by atoms with E-state index in [1.54, 1.807) is 6.20 Å². The van der Waals surface area contributed by atoms with Crippen molar-refractivity contribution in [3.8, 4) is 0 Å². The van der Waals surface area contributed by atoms with Gasteiger partial charge < -0.3 is 5.73 Å². The molecule has 4 heteroatoms. The van der Waals surface area contributed by atoms with Crippen molar-refractivity contribution in [3.63, 3.8) is 0 Å². The van der Waals surface area contributed by atoms with Crippen LogP contribution in [0.3, 0.4) is 0 Å². The number of aromatic nitrogens is 2. The molecule has 2 N–H and O–H groups in total. The molecule has 0 aliphatic carbocycles. The Bertz CT molecular complexity index is 173. The summed E-state index contributed by atoms with van der Waals surface area (Å²) in [5.74, 6) is 0.517. The largest absolute Gasteiger partial charge is 0.330 e. The highest BCUT2D eigenvalue weighted by Crippen LogP contribution is 2.03. The zero-order chi connectivity index (χ0) is 7.40. The van der Waals surface area contributed by atoms with E-state index in [2.05, 4.69) is 15.7 Å². The number of hydrogen-bond acceptors (Lipinski definition) is 4. The minimum atomic E-state index is 0.517. The maximum Gasteiger partial charge on any atom is 0.0746 e. The Labute approximate surface area is 64.6 Å². The molecule has 1 heterocycles. The Morgan fingerprint density at radius 3 is 3.10 bits per heavy atom.